The highest BCUT2D eigenvalue weighted by Gasteiger charge is 2.08. The van der Waals surface area contributed by atoms with Crippen LogP contribution in [0.15, 0.2) is 12.1 Å². The topological polar surface area (TPSA) is 20.7 Å². The van der Waals surface area contributed by atoms with Crippen LogP contribution < -0.4 is 0 Å². The van der Waals surface area contributed by atoms with E-state index in [1.807, 2.05) is 4.57 Å². The normalized spacial score (nSPS) is 10.7. The third-order valence-corrected chi connectivity index (χ3v) is 3.91. The van der Waals surface area contributed by atoms with Crippen LogP contribution in [-0.4, -0.2) is 21.1 Å². The monoisotopic (exact) mass is 300 g/mol. The number of fused-ring (bicyclic) bond motifs is 1. The van der Waals surface area contributed by atoms with Crippen molar-refractivity contribution < 1.29 is 4.39 Å². The van der Waals surface area contributed by atoms with Crippen molar-refractivity contribution in [2.45, 2.75) is 6.54 Å². The molecule has 0 saturated heterocycles. The number of aromatic nitrogens is 2. The second-order valence-electron chi connectivity index (χ2n) is 3.62. The molecular formula is C12H10ClFN2S2. The molecular weight excluding hydrogens is 291 g/mol. The number of H-pyrrole nitrogens is 1. The Morgan fingerprint density at radius 2 is 2.33 bits per heavy atom. The molecule has 94 valence electrons. The maximum Gasteiger partial charge on any atom is 0.178 e. The minimum atomic E-state index is -0.450. The van der Waals surface area contributed by atoms with Crippen molar-refractivity contribution in [3.8, 4) is 12.3 Å². The van der Waals surface area contributed by atoms with Crippen molar-refractivity contribution in [3.05, 3.63) is 27.7 Å². The van der Waals surface area contributed by atoms with E-state index in [1.54, 1.807) is 17.8 Å². The molecule has 6 heteroatoms. The van der Waals surface area contributed by atoms with Crippen LogP contribution in [0.2, 0.25) is 5.02 Å². The van der Waals surface area contributed by atoms with Crippen molar-refractivity contribution in [1.29, 1.82) is 0 Å². The lowest BCUT2D eigenvalue weighted by atomic mass is 10.3. The van der Waals surface area contributed by atoms with Crippen LogP contribution in [0.3, 0.4) is 0 Å². The van der Waals surface area contributed by atoms with E-state index in [9.17, 15) is 4.39 Å². The number of hydrogen-bond donors (Lipinski definition) is 1. The minimum absolute atomic E-state index is 0.0986. The molecule has 0 fully saturated rings. The van der Waals surface area contributed by atoms with Gasteiger partial charge in [-0.3, -0.25) is 0 Å². The number of nitrogens with zero attached hydrogens (tertiary/aromatic N) is 1. The van der Waals surface area contributed by atoms with Gasteiger partial charge in [-0.15, -0.1) is 18.2 Å². The van der Waals surface area contributed by atoms with Crippen molar-refractivity contribution in [2.24, 2.45) is 0 Å². The van der Waals surface area contributed by atoms with E-state index in [4.69, 9.17) is 30.2 Å². The van der Waals surface area contributed by atoms with E-state index < -0.39 is 5.82 Å². The first-order valence-electron chi connectivity index (χ1n) is 5.22. The first-order valence-corrected chi connectivity index (χ1v) is 7.16. The summed E-state index contributed by atoms with van der Waals surface area (Å²) in [6.45, 7) is 0.715. The molecule has 0 aliphatic rings. The predicted octanol–water partition coefficient (Wildman–Crippen LogP) is 3.86. The van der Waals surface area contributed by atoms with Gasteiger partial charge in [0, 0.05) is 18.4 Å². The Kier molecular flexibility index (Phi) is 4.33. The first-order chi connectivity index (χ1) is 8.63. The van der Waals surface area contributed by atoms with Gasteiger partial charge >= 0.3 is 0 Å². The molecule has 18 heavy (non-hydrogen) atoms. The van der Waals surface area contributed by atoms with Crippen LogP contribution in [-0.2, 0) is 6.54 Å². The van der Waals surface area contributed by atoms with Crippen molar-refractivity contribution in [2.75, 3.05) is 11.5 Å². The number of nitrogens with one attached hydrogen (secondary N) is 1. The number of benzene rings is 1. The summed E-state index contributed by atoms with van der Waals surface area (Å²) >= 11 is 12.6. The molecule has 0 aliphatic heterocycles. The molecule has 0 unspecified atom stereocenters. The highest BCUT2D eigenvalue weighted by atomic mass is 35.5. The van der Waals surface area contributed by atoms with Gasteiger partial charge in [-0.1, -0.05) is 17.5 Å². The van der Waals surface area contributed by atoms with E-state index in [-0.39, 0.29) is 5.02 Å². The van der Waals surface area contributed by atoms with Crippen molar-refractivity contribution in [1.82, 2.24) is 9.55 Å². The Bertz CT molecular complexity index is 669. The summed E-state index contributed by atoms with van der Waals surface area (Å²) in [6.07, 6.45) is 5.18. The van der Waals surface area contributed by atoms with E-state index >= 15 is 0 Å². The molecule has 0 amide bonds. The smallest absolute Gasteiger partial charge is 0.178 e. The lowest BCUT2D eigenvalue weighted by Crippen LogP contribution is -2.00. The van der Waals surface area contributed by atoms with Crippen LogP contribution in [0.1, 0.15) is 0 Å². The Balaban J connectivity index is 2.32. The van der Waals surface area contributed by atoms with E-state index in [1.165, 1.54) is 6.07 Å². The quantitative estimate of drug-likeness (QED) is 0.526. The minimum Gasteiger partial charge on any atom is -0.330 e. The molecule has 2 aromatic rings. The van der Waals surface area contributed by atoms with Gasteiger partial charge in [0.2, 0.25) is 0 Å². The van der Waals surface area contributed by atoms with Crippen LogP contribution in [0.5, 0.6) is 0 Å². The van der Waals surface area contributed by atoms with Gasteiger partial charge in [-0.05, 0) is 18.3 Å². The van der Waals surface area contributed by atoms with Gasteiger partial charge in [-0.2, -0.15) is 0 Å². The molecule has 0 saturated carbocycles. The summed E-state index contributed by atoms with van der Waals surface area (Å²) in [6, 6.07) is 2.95. The Morgan fingerprint density at radius 1 is 1.56 bits per heavy atom. The van der Waals surface area contributed by atoms with E-state index in [0.717, 1.165) is 11.3 Å². The summed E-state index contributed by atoms with van der Waals surface area (Å²) in [5.41, 5.74) is 1.47. The lowest BCUT2D eigenvalue weighted by molar-refractivity contribution is 0.629. The van der Waals surface area contributed by atoms with Gasteiger partial charge in [0.1, 0.15) is 5.82 Å². The standard InChI is InChI=1S/C12H10ClFN2S2/c1-2-4-18-5-3-16-11-6-8(13)9(14)7-10(11)15-12(16)17/h1,6-7H,3-5H2,(H,15,17). The molecule has 0 atom stereocenters. The predicted molar refractivity (Wildman–Crippen MR) is 78.2 cm³/mol. The fourth-order valence-corrected chi connectivity index (χ4v) is 2.69. The molecule has 1 aromatic carbocycles. The van der Waals surface area contributed by atoms with Crippen LogP contribution in [0.4, 0.5) is 4.39 Å². The third kappa shape index (κ3) is 2.72. The van der Waals surface area contributed by atoms with Crippen LogP contribution in [0, 0.1) is 22.9 Å². The van der Waals surface area contributed by atoms with Gasteiger partial charge < -0.3 is 9.55 Å². The van der Waals surface area contributed by atoms with Gasteiger partial charge in [0.05, 0.1) is 21.8 Å². The van der Waals surface area contributed by atoms with Crippen LogP contribution in [0.25, 0.3) is 11.0 Å². The molecule has 1 heterocycles. The number of aromatic amines is 1. The Labute approximate surface area is 119 Å². The molecule has 0 bridgehead atoms. The second-order valence-corrected chi connectivity index (χ2v) is 5.52. The number of hydrogen-bond acceptors (Lipinski definition) is 2. The molecule has 0 radical (unpaired) electrons. The Hall–Kier alpha value is -0.960. The summed E-state index contributed by atoms with van der Waals surface area (Å²) < 4.78 is 15.8. The maximum atomic E-state index is 13.3. The molecule has 2 rings (SSSR count). The average Bonchev–Trinajstić information content (AvgIpc) is 2.62. The van der Waals surface area contributed by atoms with E-state index in [0.29, 0.717) is 22.6 Å². The molecule has 1 N–H and O–H groups in total. The zero-order valence-corrected chi connectivity index (χ0v) is 11.8. The molecule has 1 aromatic heterocycles. The highest BCUT2D eigenvalue weighted by molar-refractivity contribution is 7.99. The number of rotatable bonds is 4. The second kappa shape index (κ2) is 5.79. The largest absolute Gasteiger partial charge is 0.330 e. The number of aryl methyl sites for hydroxylation is 1. The summed E-state index contributed by atoms with van der Waals surface area (Å²) in [5.74, 6) is 3.63. The molecule has 0 spiro atoms. The van der Waals surface area contributed by atoms with Crippen molar-refractivity contribution in [3.63, 3.8) is 0 Å². The fraction of sp³-hybridized carbons (Fsp3) is 0.250. The fourth-order valence-electron chi connectivity index (χ4n) is 1.66. The first kappa shape index (κ1) is 13.5. The lowest BCUT2D eigenvalue weighted by Gasteiger charge is -2.03. The number of imidazole rings is 1. The van der Waals surface area contributed by atoms with Crippen molar-refractivity contribution >= 4 is 46.6 Å². The van der Waals surface area contributed by atoms with E-state index in [2.05, 4.69) is 10.9 Å². The number of halogens is 2. The zero-order chi connectivity index (χ0) is 13.1. The summed E-state index contributed by atoms with van der Waals surface area (Å²) in [5, 5.41) is 0.0986. The number of thioether (sulfide) groups is 1. The maximum absolute atomic E-state index is 13.3. The summed E-state index contributed by atoms with van der Waals surface area (Å²) in [4.78, 5) is 2.97. The molecule has 2 nitrogen and oxygen atoms in total. The number of terminal acetylenes is 1. The van der Waals surface area contributed by atoms with Crippen LogP contribution >= 0.6 is 35.6 Å². The SMILES string of the molecule is C#CCSCCn1c(=S)[nH]c2cc(F)c(Cl)cc21. The molecule has 0 aliphatic carbocycles. The van der Waals surface area contributed by atoms with Gasteiger partial charge in [-0.25, -0.2) is 4.39 Å². The van der Waals surface area contributed by atoms with Gasteiger partial charge in [0.15, 0.2) is 4.77 Å². The highest BCUT2D eigenvalue weighted by Crippen LogP contribution is 2.23. The van der Waals surface area contributed by atoms with Gasteiger partial charge in [0.25, 0.3) is 0 Å². The Morgan fingerprint density at radius 3 is 3.06 bits per heavy atom. The third-order valence-electron chi connectivity index (χ3n) is 2.46. The average molecular weight is 301 g/mol. The summed E-state index contributed by atoms with van der Waals surface area (Å²) in [7, 11) is 0. The zero-order valence-electron chi connectivity index (χ0n) is 9.37.